The molecule has 16 heavy (non-hydrogen) atoms. The molecule has 1 N–H and O–H groups in total. The van der Waals surface area contributed by atoms with E-state index in [9.17, 15) is 9.90 Å². The second-order valence-electron chi connectivity index (χ2n) is 4.11. The van der Waals surface area contributed by atoms with Gasteiger partial charge in [-0.1, -0.05) is 12.1 Å². The predicted molar refractivity (Wildman–Crippen MR) is 70.6 cm³/mol. The molecule has 0 spiro atoms. The molecule has 0 saturated carbocycles. The Kier molecular flexibility index (Phi) is 3.94. The van der Waals surface area contributed by atoms with Crippen LogP contribution < -0.4 is 0 Å². The lowest BCUT2D eigenvalue weighted by atomic mass is 10.1. The van der Waals surface area contributed by atoms with Crippen LogP contribution in [0.4, 0.5) is 0 Å². The van der Waals surface area contributed by atoms with Crippen molar-refractivity contribution in [1.82, 2.24) is 4.90 Å². The predicted octanol–water partition coefficient (Wildman–Crippen LogP) is 1.54. The first-order valence-electron chi connectivity index (χ1n) is 5.34. The summed E-state index contributed by atoms with van der Waals surface area (Å²) in [6.07, 6.45) is 0.518. The van der Waals surface area contributed by atoms with E-state index < -0.39 is 0 Å². The van der Waals surface area contributed by atoms with E-state index in [1.807, 2.05) is 29.2 Å². The number of β-amino-alcohol motifs (C(OH)–C–C–N with tert-alkyl or cyclic N) is 1. The van der Waals surface area contributed by atoms with Gasteiger partial charge < -0.3 is 5.11 Å². The van der Waals surface area contributed by atoms with Crippen LogP contribution in [-0.4, -0.2) is 41.5 Å². The Bertz CT molecular complexity index is 377. The highest BCUT2D eigenvalue weighted by atomic mass is 127. The maximum atomic E-state index is 11.9. The lowest BCUT2D eigenvalue weighted by Gasteiger charge is -2.13. The molecule has 1 fully saturated rings. The van der Waals surface area contributed by atoms with Crippen LogP contribution in [-0.2, 0) is 0 Å². The van der Waals surface area contributed by atoms with E-state index in [0.29, 0.717) is 13.1 Å². The van der Waals surface area contributed by atoms with E-state index in [0.717, 1.165) is 22.1 Å². The highest BCUT2D eigenvalue weighted by molar-refractivity contribution is 14.1. The van der Waals surface area contributed by atoms with Crippen molar-refractivity contribution >= 4 is 28.4 Å². The van der Waals surface area contributed by atoms with Gasteiger partial charge in [0.05, 0.1) is 12.6 Å². The molecule has 0 aliphatic carbocycles. The summed E-state index contributed by atoms with van der Waals surface area (Å²) in [4.78, 5) is 13.9. The third-order valence-electron chi connectivity index (χ3n) is 2.78. The zero-order valence-corrected chi connectivity index (χ0v) is 11.1. The maximum absolute atomic E-state index is 11.9. The second kappa shape index (κ2) is 5.25. The summed E-state index contributed by atoms with van der Waals surface area (Å²) in [5.41, 5.74) is 0.752. The lowest BCUT2D eigenvalue weighted by molar-refractivity contribution is 0.0935. The molecule has 1 heterocycles. The maximum Gasteiger partial charge on any atom is 0.176 e. The number of likely N-dealkylation sites (tertiary alicyclic amines) is 1. The van der Waals surface area contributed by atoms with Crippen LogP contribution in [0.15, 0.2) is 24.3 Å². The number of ketones is 1. The standard InChI is InChI=1S/C12H14INO2/c13-10-3-1-9(2-4-10)12(16)8-14-6-5-11(15)7-14/h1-4,11,15H,5-8H2. The summed E-state index contributed by atoms with van der Waals surface area (Å²) in [5.74, 6) is 0.130. The van der Waals surface area contributed by atoms with Gasteiger partial charge in [-0.25, -0.2) is 0 Å². The molecule has 1 aliphatic heterocycles. The Morgan fingerprint density at radius 3 is 2.69 bits per heavy atom. The first-order valence-corrected chi connectivity index (χ1v) is 6.42. The van der Waals surface area contributed by atoms with Gasteiger partial charge in [0.15, 0.2) is 5.78 Å². The first kappa shape index (κ1) is 12.0. The molecule has 1 atom stereocenters. The number of halogens is 1. The Morgan fingerprint density at radius 1 is 1.44 bits per heavy atom. The summed E-state index contributed by atoms with van der Waals surface area (Å²) in [6.45, 7) is 1.85. The number of aliphatic hydroxyl groups excluding tert-OH is 1. The summed E-state index contributed by atoms with van der Waals surface area (Å²) in [7, 11) is 0. The van der Waals surface area contributed by atoms with E-state index in [2.05, 4.69) is 22.6 Å². The monoisotopic (exact) mass is 331 g/mol. The minimum absolute atomic E-state index is 0.130. The summed E-state index contributed by atoms with van der Waals surface area (Å²) < 4.78 is 1.13. The average molecular weight is 331 g/mol. The first-order chi connectivity index (χ1) is 7.65. The van der Waals surface area contributed by atoms with Crippen LogP contribution in [0.2, 0.25) is 0 Å². The third-order valence-corrected chi connectivity index (χ3v) is 3.50. The molecular formula is C12H14INO2. The molecule has 1 aromatic carbocycles. The third kappa shape index (κ3) is 3.02. The van der Waals surface area contributed by atoms with Crippen LogP contribution in [0.5, 0.6) is 0 Å². The molecule has 1 unspecified atom stereocenters. The highest BCUT2D eigenvalue weighted by Crippen LogP contribution is 2.11. The number of aliphatic hydroxyl groups is 1. The van der Waals surface area contributed by atoms with Crippen molar-refractivity contribution < 1.29 is 9.90 Å². The smallest absolute Gasteiger partial charge is 0.176 e. The van der Waals surface area contributed by atoms with Crippen molar-refractivity contribution in [3.05, 3.63) is 33.4 Å². The van der Waals surface area contributed by atoms with Gasteiger partial charge in [0.2, 0.25) is 0 Å². The fourth-order valence-electron chi connectivity index (χ4n) is 1.89. The van der Waals surface area contributed by atoms with Gasteiger partial charge in [-0.2, -0.15) is 0 Å². The molecule has 1 saturated heterocycles. The van der Waals surface area contributed by atoms with E-state index in [-0.39, 0.29) is 11.9 Å². The molecule has 2 rings (SSSR count). The SMILES string of the molecule is O=C(CN1CCC(O)C1)c1ccc(I)cc1. The van der Waals surface area contributed by atoms with Crippen LogP contribution >= 0.6 is 22.6 Å². The molecule has 0 radical (unpaired) electrons. The number of benzene rings is 1. The van der Waals surface area contributed by atoms with Crippen molar-refractivity contribution in [2.45, 2.75) is 12.5 Å². The van der Waals surface area contributed by atoms with E-state index in [1.165, 1.54) is 0 Å². The van der Waals surface area contributed by atoms with Crippen molar-refractivity contribution in [2.24, 2.45) is 0 Å². The zero-order valence-electron chi connectivity index (χ0n) is 8.90. The van der Waals surface area contributed by atoms with Crippen LogP contribution in [0.1, 0.15) is 16.8 Å². The minimum atomic E-state index is -0.260. The fourth-order valence-corrected chi connectivity index (χ4v) is 2.25. The number of rotatable bonds is 3. The summed E-state index contributed by atoms with van der Waals surface area (Å²) >= 11 is 2.22. The Balaban J connectivity index is 1.95. The van der Waals surface area contributed by atoms with Crippen molar-refractivity contribution in [3.8, 4) is 0 Å². The number of Topliss-reactive ketones (excluding diaryl/α,β-unsaturated/α-hetero) is 1. The molecule has 1 aliphatic rings. The number of carbonyl (C=O) groups excluding carboxylic acids is 1. The quantitative estimate of drug-likeness (QED) is 0.675. The van der Waals surface area contributed by atoms with Gasteiger partial charge in [-0.15, -0.1) is 0 Å². The molecule has 0 aromatic heterocycles. The molecule has 1 aromatic rings. The molecule has 3 nitrogen and oxygen atoms in total. The van der Waals surface area contributed by atoms with Gasteiger partial charge in [-0.05, 0) is 41.1 Å². The number of carbonyl (C=O) groups is 1. The van der Waals surface area contributed by atoms with Crippen molar-refractivity contribution in [2.75, 3.05) is 19.6 Å². The van der Waals surface area contributed by atoms with Crippen LogP contribution in [0.25, 0.3) is 0 Å². The van der Waals surface area contributed by atoms with Gasteiger partial charge in [-0.3, -0.25) is 9.69 Å². The van der Waals surface area contributed by atoms with Crippen LogP contribution in [0, 0.1) is 3.57 Å². The minimum Gasteiger partial charge on any atom is -0.392 e. The lowest BCUT2D eigenvalue weighted by Crippen LogP contribution is -2.28. The van der Waals surface area contributed by atoms with Gasteiger partial charge in [0.25, 0.3) is 0 Å². The van der Waals surface area contributed by atoms with Crippen molar-refractivity contribution in [1.29, 1.82) is 0 Å². The molecule has 4 heteroatoms. The van der Waals surface area contributed by atoms with Gasteiger partial charge in [0.1, 0.15) is 0 Å². The van der Waals surface area contributed by atoms with E-state index in [1.54, 1.807) is 0 Å². The Labute approximate surface area is 109 Å². The average Bonchev–Trinajstić information content (AvgIpc) is 2.65. The van der Waals surface area contributed by atoms with E-state index >= 15 is 0 Å². The largest absolute Gasteiger partial charge is 0.392 e. The molecule has 0 amide bonds. The summed E-state index contributed by atoms with van der Waals surface area (Å²) in [5, 5.41) is 9.37. The molecule has 86 valence electrons. The topological polar surface area (TPSA) is 40.5 Å². The number of hydrogen-bond acceptors (Lipinski definition) is 3. The second-order valence-corrected chi connectivity index (χ2v) is 5.35. The van der Waals surface area contributed by atoms with Gasteiger partial charge >= 0.3 is 0 Å². The molecular weight excluding hydrogens is 317 g/mol. The zero-order chi connectivity index (χ0) is 11.5. The fraction of sp³-hybridized carbons (Fsp3) is 0.417. The number of hydrogen-bond donors (Lipinski definition) is 1. The number of nitrogens with zero attached hydrogens (tertiary/aromatic N) is 1. The van der Waals surface area contributed by atoms with Crippen molar-refractivity contribution in [3.63, 3.8) is 0 Å². The van der Waals surface area contributed by atoms with Crippen LogP contribution in [0.3, 0.4) is 0 Å². The van der Waals surface area contributed by atoms with Gasteiger partial charge in [0, 0.05) is 22.2 Å². The highest BCUT2D eigenvalue weighted by Gasteiger charge is 2.22. The van der Waals surface area contributed by atoms with E-state index in [4.69, 9.17) is 0 Å². The molecule has 0 bridgehead atoms. The summed E-state index contributed by atoms with van der Waals surface area (Å²) in [6, 6.07) is 7.59. The Morgan fingerprint density at radius 2 is 2.12 bits per heavy atom. The normalized spacial score (nSPS) is 21.2. The Hall–Kier alpha value is -0.460.